The number of hydrogen-bond donors (Lipinski definition) is 7. The largest absolute Gasteiger partial charge is 0.481 e. The Hall–Kier alpha value is -3.77. The van der Waals surface area contributed by atoms with Crippen LogP contribution in [0.1, 0.15) is 126 Å². The third-order valence-corrected chi connectivity index (χ3v) is 13.1. The maximum absolute atomic E-state index is 14.3. The highest BCUT2D eigenvalue weighted by Gasteiger charge is 2.68. The molecular weight excluding hydrogens is 751 g/mol. The molecule has 8 N–H and O–H groups in total. The van der Waals surface area contributed by atoms with E-state index in [0.717, 1.165) is 32.1 Å². The van der Waals surface area contributed by atoms with Gasteiger partial charge in [0.25, 0.3) is 0 Å². The molecule has 18 heteroatoms. The molecule has 2 bridgehead atoms. The van der Waals surface area contributed by atoms with Gasteiger partial charge in [-0.2, -0.15) is 0 Å². The molecule has 5 fully saturated rings. The summed E-state index contributed by atoms with van der Waals surface area (Å²) in [6.45, 7) is 16.0. The van der Waals surface area contributed by atoms with Gasteiger partial charge in [0, 0.05) is 13.0 Å². The second kappa shape index (κ2) is 19.5. The summed E-state index contributed by atoms with van der Waals surface area (Å²) in [7, 11) is -0.610. The third-order valence-electron chi connectivity index (χ3n) is 13.1. The number of likely N-dealkylation sites (tertiary alicyclic amines) is 1. The predicted octanol–water partition coefficient (Wildman–Crippen LogP) is 1.74. The van der Waals surface area contributed by atoms with E-state index in [4.69, 9.17) is 20.1 Å². The summed E-state index contributed by atoms with van der Waals surface area (Å²) in [5, 5.41) is 29.1. The highest BCUT2D eigenvalue weighted by atomic mass is 16.7. The van der Waals surface area contributed by atoms with Crippen LogP contribution >= 0.6 is 0 Å². The number of amides is 5. The van der Waals surface area contributed by atoms with Crippen LogP contribution in [0.3, 0.4) is 0 Å². The molecule has 0 spiro atoms. The minimum Gasteiger partial charge on any atom is -0.481 e. The molecule has 0 aromatic rings. The van der Waals surface area contributed by atoms with E-state index in [0.29, 0.717) is 37.6 Å². The number of carboxylic acid groups (broad SMARTS) is 2. The number of carbonyl (C=O) groups excluding carboxylic acids is 5. The number of unbranched alkanes of at least 4 members (excludes halogenated alkanes) is 2. The predicted molar refractivity (Wildman–Crippen MR) is 213 cm³/mol. The van der Waals surface area contributed by atoms with Gasteiger partial charge in [-0.25, -0.2) is 0 Å². The van der Waals surface area contributed by atoms with Gasteiger partial charge in [-0.15, -0.1) is 0 Å². The molecule has 5 amide bonds. The topological polar surface area (TPSA) is 256 Å². The molecule has 5 rings (SSSR count). The molecule has 326 valence electrons. The summed E-state index contributed by atoms with van der Waals surface area (Å²) in [6, 6.07) is -6.00. The summed E-state index contributed by atoms with van der Waals surface area (Å²) >= 11 is 0. The van der Waals surface area contributed by atoms with Crippen molar-refractivity contribution in [2.75, 3.05) is 6.54 Å². The average molecular weight is 819 g/mol. The molecule has 0 aromatic heterocycles. The SMILES string of the molecule is CCCCC[C@H](NC(=O)[C@@H]1CCCN1C(=O)[C@@H](NC(=O)[C@@H](NC(=O)[C@H](CCC(=O)O)NC(=O)[C@@H](N)CC(=O)O)C(C)C)C(C)C)B1O[C@H]2C[C@@H]3C[C@@H](C3(C)C)[C@@]2(C)O1. The number of nitrogens with zero attached hydrogens (tertiary/aromatic N) is 1. The lowest BCUT2D eigenvalue weighted by Crippen LogP contribution is -2.65. The van der Waals surface area contributed by atoms with Crippen molar-refractivity contribution in [3.63, 3.8) is 0 Å². The van der Waals surface area contributed by atoms with E-state index in [-0.39, 0.29) is 23.8 Å². The molecule has 2 aliphatic heterocycles. The van der Waals surface area contributed by atoms with E-state index in [1.807, 2.05) is 0 Å². The van der Waals surface area contributed by atoms with Crippen LogP contribution in [0.4, 0.5) is 0 Å². The first-order valence-electron chi connectivity index (χ1n) is 21.2. The van der Waals surface area contributed by atoms with Crippen LogP contribution in [0.2, 0.25) is 0 Å². The average Bonchev–Trinajstić information content (AvgIpc) is 3.77. The van der Waals surface area contributed by atoms with E-state index in [1.54, 1.807) is 27.7 Å². The van der Waals surface area contributed by atoms with Gasteiger partial charge < -0.3 is 51.4 Å². The molecule has 10 atom stereocenters. The smallest absolute Gasteiger partial charge is 0.481 e. The normalized spacial score (nSPS) is 27.1. The first kappa shape index (κ1) is 46.9. The van der Waals surface area contributed by atoms with E-state index in [9.17, 15) is 38.7 Å². The molecule has 3 aliphatic carbocycles. The molecule has 0 unspecified atom stereocenters. The third kappa shape index (κ3) is 10.7. The van der Waals surface area contributed by atoms with Gasteiger partial charge in [-0.3, -0.25) is 33.6 Å². The molecule has 0 radical (unpaired) electrons. The molecule has 3 saturated carbocycles. The minimum absolute atomic E-state index is 0.0456. The molecular formula is C40H67BN6O11. The van der Waals surface area contributed by atoms with Gasteiger partial charge in [0.15, 0.2) is 0 Å². The van der Waals surface area contributed by atoms with Gasteiger partial charge in [0.2, 0.25) is 29.5 Å². The number of aliphatic carboxylic acids is 2. The van der Waals surface area contributed by atoms with Crippen molar-refractivity contribution in [1.29, 1.82) is 0 Å². The monoisotopic (exact) mass is 818 g/mol. The summed E-state index contributed by atoms with van der Waals surface area (Å²) < 4.78 is 13.4. The lowest BCUT2D eigenvalue weighted by Gasteiger charge is -2.64. The van der Waals surface area contributed by atoms with Gasteiger partial charge in [0.1, 0.15) is 24.2 Å². The Morgan fingerprint density at radius 3 is 2.09 bits per heavy atom. The lowest BCUT2D eigenvalue weighted by molar-refractivity contribution is -0.199. The Labute approximate surface area is 342 Å². The highest BCUT2D eigenvalue weighted by Crippen LogP contribution is 2.65. The van der Waals surface area contributed by atoms with Gasteiger partial charge in [-0.05, 0) is 74.5 Å². The minimum atomic E-state index is -1.50. The number of nitrogens with one attached hydrogen (secondary N) is 4. The fourth-order valence-corrected chi connectivity index (χ4v) is 9.36. The van der Waals surface area contributed by atoms with Crippen molar-refractivity contribution in [2.24, 2.45) is 34.8 Å². The fraction of sp³-hybridized carbons (Fsp3) is 0.825. The number of rotatable bonds is 21. The summed E-state index contributed by atoms with van der Waals surface area (Å²) in [6.07, 6.45) is 4.94. The van der Waals surface area contributed by atoms with Crippen molar-refractivity contribution >= 4 is 48.6 Å². The van der Waals surface area contributed by atoms with Crippen LogP contribution in [0.5, 0.6) is 0 Å². The Morgan fingerprint density at radius 2 is 1.50 bits per heavy atom. The molecule has 2 heterocycles. The van der Waals surface area contributed by atoms with E-state index in [1.165, 1.54) is 4.90 Å². The zero-order chi connectivity index (χ0) is 43.3. The molecule has 5 aliphatic rings. The standard InChI is InChI=1S/C40H67BN6O11/c1-9-10-11-14-29(41-57-28-19-23-18-27(39(23,6)7)40(28,8)58-41)44-36(54)26-13-12-17-47(26)38(56)33(22(4)5)46-37(55)32(21(2)3)45-35(53)25(15-16-30(48)49)43-34(52)24(42)20-31(50)51/h21-29,32-33H,9-20,42H2,1-8H3,(H,43,52)(H,44,54)(H,45,53)(H,46,55)(H,48,49)(H,50,51)/t23-,24-,25-,26-,27-,28-,29-,32-,33-,40+/m0/s1. The molecule has 58 heavy (non-hydrogen) atoms. The first-order valence-corrected chi connectivity index (χ1v) is 21.2. The lowest BCUT2D eigenvalue weighted by atomic mass is 9.43. The maximum atomic E-state index is 14.3. The van der Waals surface area contributed by atoms with Crippen molar-refractivity contribution in [3.8, 4) is 0 Å². The number of carbonyl (C=O) groups is 7. The second-order valence-electron chi connectivity index (χ2n) is 18.3. The number of carboxylic acids is 2. The molecule has 17 nitrogen and oxygen atoms in total. The zero-order valence-electron chi connectivity index (χ0n) is 35.5. The summed E-state index contributed by atoms with van der Waals surface area (Å²) in [5.74, 6) is -6.27. The fourth-order valence-electron chi connectivity index (χ4n) is 9.36. The van der Waals surface area contributed by atoms with Gasteiger partial charge >= 0.3 is 19.1 Å². The number of nitrogens with two attached hydrogens (primary N) is 1. The van der Waals surface area contributed by atoms with Crippen LogP contribution in [0, 0.1) is 29.1 Å². The van der Waals surface area contributed by atoms with E-state index >= 15 is 0 Å². The first-order chi connectivity index (χ1) is 27.1. The summed E-state index contributed by atoms with van der Waals surface area (Å²) in [5.41, 5.74) is 5.38. The van der Waals surface area contributed by atoms with Crippen molar-refractivity contribution in [1.82, 2.24) is 26.2 Å². The van der Waals surface area contributed by atoms with Crippen molar-refractivity contribution in [3.05, 3.63) is 0 Å². The number of hydrogen-bond acceptors (Lipinski definition) is 10. The van der Waals surface area contributed by atoms with E-state index in [2.05, 4.69) is 49.0 Å². The Morgan fingerprint density at radius 1 is 0.845 bits per heavy atom. The highest BCUT2D eigenvalue weighted by molar-refractivity contribution is 6.48. The van der Waals surface area contributed by atoms with Crippen LogP contribution in [-0.2, 0) is 42.9 Å². The van der Waals surface area contributed by atoms with Crippen molar-refractivity contribution < 1.29 is 53.1 Å². The summed E-state index contributed by atoms with van der Waals surface area (Å²) in [4.78, 5) is 92.2. The van der Waals surface area contributed by atoms with Gasteiger partial charge in [-0.1, -0.05) is 67.7 Å². The molecule has 2 saturated heterocycles. The van der Waals surface area contributed by atoms with Crippen LogP contribution in [-0.4, -0.2) is 118 Å². The van der Waals surface area contributed by atoms with E-state index < -0.39 is 109 Å². The zero-order valence-corrected chi connectivity index (χ0v) is 35.5. The maximum Gasteiger partial charge on any atom is 0.481 e. The second-order valence-corrected chi connectivity index (χ2v) is 18.3. The Balaban J connectivity index is 1.45. The van der Waals surface area contributed by atoms with Crippen LogP contribution < -0.4 is 27.0 Å². The quantitative estimate of drug-likeness (QED) is 0.0646. The van der Waals surface area contributed by atoms with Crippen molar-refractivity contribution in [2.45, 2.75) is 174 Å². The Bertz CT molecular complexity index is 1550. The van der Waals surface area contributed by atoms with Crippen LogP contribution in [0.25, 0.3) is 0 Å². The molecule has 0 aromatic carbocycles. The van der Waals surface area contributed by atoms with Gasteiger partial charge in [0.05, 0.1) is 30.1 Å². The Kier molecular flexibility index (Phi) is 15.8. The van der Waals surface area contributed by atoms with Crippen LogP contribution in [0.15, 0.2) is 0 Å².